The maximum Gasteiger partial charge on any atom is 0.407 e. The van der Waals surface area contributed by atoms with Crippen LogP contribution in [0.25, 0.3) is 0 Å². The second-order valence-corrected chi connectivity index (χ2v) is 4.78. The Bertz CT molecular complexity index is 245. The van der Waals surface area contributed by atoms with E-state index in [0.717, 1.165) is 12.3 Å². The summed E-state index contributed by atoms with van der Waals surface area (Å²) in [7, 11) is 0. The smallest absolute Gasteiger partial charge is 0.407 e. The molecule has 3 aliphatic carbocycles. The SMILES string of the molecule is O=C1NC2(CO1)CC1CCC2CC1. The molecular formula is C10H15NO2. The monoisotopic (exact) mass is 181 g/mol. The van der Waals surface area contributed by atoms with E-state index >= 15 is 0 Å². The first kappa shape index (κ1) is 7.65. The zero-order chi connectivity index (χ0) is 8.89. The highest BCUT2D eigenvalue weighted by Gasteiger charge is 2.52. The molecule has 1 unspecified atom stereocenters. The van der Waals surface area contributed by atoms with E-state index < -0.39 is 0 Å². The van der Waals surface area contributed by atoms with Gasteiger partial charge in [0, 0.05) is 0 Å². The molecule has 3 heteroatoms. The summed E-state index contributed by atoms with van der Waals surface area (Å²) in [5, 5.41) is 3.04. The van der Waals surface area contributed by atoms with Crippen molar-refractivity contribution in [3.63, 3.8) is 0 Å². The minimum absolute atomic E-state index is 0.0399. The van der Waals surface area contributed by atoms with E-state index in [2.05, 4.69) is 5.32 Å². The zero-order valence-electron chi connectivity index (χ0n) is 7.71. The molecule has 72 valence electrons. The van der Waals surface area contributed by atoms with Crippen LogP contribution < -0.4 is 5.32 Å². The van der Waals surface area contributed by atoms with Crippen LogP contribution in [-0.4, -0.2) is 18.2 Å². The van der Waals surface area contributed by atoms with Crippen molar-refractivity contribution in [3.8, 4) is 0 Å². The van der Waals surface area contributed by atoms with Crippen LogP contribution in [0.3, 0.4) is 0 Å². The molecule has 1 atom stereocenters. The molecule has 1 saturated heterocycles. The van der Waals surface area contributed by atoms with E-state index in [1.54, 1.807) is 0 Å². The molecule has 2 bridgehead atoms. The topological polar surface area (TPSA) is 38.3 Å². The average Bonchev–Trinajstić information content (AvgIpc) is 2.49. The number of alkyl carbamates (subject to hydrolysis) is 1. The van der Waals surface area contributed by atoms with Crippen LogP contribution in [-0.2, 0) is 4.74 Å². The number of carbonyl (C=O) groups excluding carboxylic acids is 1. The molecule has 0 aromatic rings. The zero-order valence-corrected chi connectivity index (χ0v) is 7.71. The number of rotatable bonds is 0. The van der Waals surface area contributed by atoms with Crippen molar-refractivity contribution >= 4 is 6.09 Å². The lowest BCUT2D eigenvalue weighted by atomic mass is 9.61. The van der Waals surface area contributed by atoms with Crippen molar-refractivity contribution in [3.05, 3.63) is 0 Å². The van der Waals surface area contributed by atoms with Gasteiger partial charge in [-0.2, -0.15) is 0 Å². The molecule has 0 aromatic heterocycles. The van der Waals surface area contributed by atoms with Gasteiger partial charge in [0.1, 0.15) is 6.61 Å². The molecule has 13 heavy (non-hydrogen) atoms. The summed E-state index contributed by atoms with van der Waals surface area (Å²) < 4.78 is 5.05. The summed E-state index contributed by atoms with van der Waals surface area (Å²) >= 11 is 0. The predicted octanol–water partition coefficient (Wildman–Crippen LogP) is 1.68. The predicted molar refractivity (Wildman–Crippen MR) is 47.3 cm³/mol. The third-order valence-corrected chi connectivity index (χ3v) is 4.09. The number of cyclic esters (lactones) is 1. The van der Waals surface area contributed by atoms with Crippen LogP contribution >= 0.6 is 0 Å². The van der Waals surface area contributed by atoms with Gasteiger partial charge in [0.25, 0.3) is 0 Å². The summed E-state index contributed by atoms with van der Waals surface area (Å²) in [6.45, 7) is 0.618. The van der Waals surface area contributed by atoms with Crippen molar-refractivity contribution in [1.82, 2.24) is 5.32 Å². The molecule has 0 radical (unpaired) electrons. The molecule has 1 aliphatic heterocycles. The Morgan fingerprint density at radius 2 is 2.08 bits per heavy atom. The highest BCUT2D eigenvalue weighted by molar-refractivity contribution is 5.71. The van der Waals surface area contributed by atoms with Gasteiger partial charge in [-0.05, 0) is 31.1 Å². The third kappa shape index (κ3) is 0.990. The highest BCUT2D eigenvalue weighted by Crippen LogP contribution is 2.48. The van der Waals surface area contributed by atoms with Crippen LogP contribution in [0.5, 0.6) is 0 Å². The number of amides is 1. The van der Waals surface area contributed by atoms with E-state index in [1.165, 1.54) is 25.7 Å². The van der Waals surface area contributed by atoms with Gasteiger partial charge in [0.2, 0.25) is 0 Å². The van der Waals surface area contributed by atoms with Gasteiger partial charge in [-0.1, -0.05) is 12.8 Å². The fraction of sp³-hybridized carbons (Fsp3) is 0.900. The van der Waals surface area contributed by atoms with E-state index in [9.17, 15) is 4.79 Å². The van der Waals surface area contributed by atoms with E-state index in [1.807, 2.05) is 0 Å². The van der Waals surface area contributed by atoms with Gasteiger partial charge in [-0.15, -0.1) is 0 Å². The first-order valence-corrected chi connectivity index (χ1v) is 5.23. The fourth-order valence-corrected chi connectivity index (χ4v) is 3.40. The molecule has 1 N–H and O–H groups in total. The maximum atomic E-state index is 11.1. The lowest BCUT2D eigenvalue weighted by Crippen LogP contribution is -2.56. The Morgan fingerprint density at radius 3 is 2.54 bits per heavy atom. The van der Waals surface area contributed by atoms with Crippen molar-refractivity contribution in [1.29, 1.82) is 0 Å². The molecule has 3 saturated carbocycles. The van der Waals surface area contributed by atoms with Crippen LogP contribution in [0, 0.1) is 11.8 Å². The lowest BCUT2D eigenvalue weighted by Gasteiger charge is -2.48. The Morgan fingerprint density at radius 1 is 1.31 bits per heavy atom. The number of nitrogens with one attached hydrogen (secondary N) is 1. The van der Waals surface area contributed by atoms with Crippen LogP contribution in [0.15, 0.2) is 0 Å². The van der Waals surface area contributed by atoms with Crippen LogP contribution in [0.4, 0.5) is 4.79 Å². The second-order valence-electron chi connectivity index (χ2n) is 4.78. The highest BCUT2D eigenvalue weighted by atomic mass is 16.6. The van der Waals surface area contributed by atoms with Gasteiger partial charge in [0.05, 0.1) is 5.54 Å². The van der Waals surface area contributed by atoms with Gasteiger partial charge in [0.15, 0.2) is 0 Å². The maximum absolute atomic E-state index is 11.1. The van der Waals surface area contributed by atoms with E-state index in [-0.39, 0.29) is 11.6 Å². The molecule has 4 rings (SSSR count). The van der Waals surface area contributed by atoms with Gasteiger partial charge in [-0.25, -0.2) is 4.79 Å². The van der Waals surface area contributed by atoms with Crippen LogP contribution in [0.2, 0.25) is 0 Å². The van der Waals surface area contributed by atoms with Gasteiger partial charge < -0.3 is 10.1 Å². The molecular weight excluding hydrogens is 166 g/mol. The van der Waals surface area contributed by atoms with E-state index in [0.29, 0.717) is 12.5 Å². The van der Waals surface area contributed by atoms with Crippen molar-refractivity contribution < 1.29 is 9.53 Å². The largest absolute Gasteiger partial charge is 0.447 e. The van der Waals surface area contributed by atoms with Gasteiger partial charge >= 0.3 is 6.09 Å². The quantitative estimate of drug-likeness (QED) is 0.617. The molecule has 4 fully saturated rings. The molecule has 1 spiro atoms. The minimum Gasteiger partial charge on any atom is -0.447 e. The summed E-state index contributed by atoms with van der Waals surface area (Å²) in [6.07, 6.45) is 6.25. The summed E-state index contributed by atoms with van der Waals surface area (Å²) in [5.41, 5.74) is 0.0399. The Labute approximate surface area is 77.8 Å². The fourth-order valence-electron chi connectivity index (χ4n) is 3.40. The number of ether oxygens (including phenoxy) is 1. The first-order chi connectivity index (χ1) is 6.28. The van der Waals surface area contributed by atoms with Crippen molar-refractivity contribution in [2.24, 2.45) is 11.8 Å². The summed E-state index contributed by atoms with van der Waals surface area (Å²) in [5.74, 6) is 1.52. The standard InChI is InChI=1S/C10H15NO2/c12-9-11-10(6-13-9)5-7-1-3-8(10)4-2-7/h7-8H,1-6H2,(H,11,12). The molecule has 0 aromatic carbocycles. The number of fused-ring (bicyclic) bond motifs is 2. The summed E-state index contributed by atoms with van der Waals surface area (Å²) in [6, 6.07) is 0. The second kappa shape index (κ2) is 2.40. The Balaban J connectivity index is 1.87. The molecule has 3 nitrogen and oxygen atoms in total. The normalized spacial score (nSPS) is 47.8. The number of hydrogen-bond donors (Lipinski definition) is 1. The van der Waals surface area contributed by atoms with Crippen molar-refractivity contribution in [2.45, 2.75) is 37.6 Å². The summed E-state index contributed by atoms with van der Waals surface area (Å²) in [4.78, 5) is 11.1. The Kier molecular flexibility index (Phi) is 1.41. The molecule has 1 heterocycles. The Hall–Kier alpha value is -0.730. The first-order valence-electron chi connectivity index (χ1n) is 5.23. The van der Waals surface area contributed by atoms with E-state index in [4.69, 9.17) is 4.74 Å². The number of hydrogen-bond acceptors (Lipinski definition) is 2. The van der Waals surface area contributed by atoms with Crippen LogP contribution in [0.1, 0.15) is 32.1 Å². The lowest BCUT2D eigenvalue weighted by molar-refractivity contribution is 0.0457. The average molecular weight is 181 g/mol. The number of carbonyl (C=O) groups is 1. The third-order valence-electron chi connectivity index (χ3n) is 4.09. The minimum atomic E-state index is -0.201. The molecule has 1 amide bonds. The van der Waals surface area contributed by atoms with Gasteiger partial charge in [-0.3, -0.25) is 0 Å². The molecule has 4 aliphatic rings. The van der Waals surface area contributed by atoms with Crippen molar-refractivity contribution in [2.75, 3.05) is 6.61 Å².